The topological polar surface area (TPSA) is 86.2 Å². The maximum atomic E-state index is 12.5. The SMILES string of the molecule is CO/N=C(\C)C1(NO)C(=O)N(C)NC1c1ccccc1. The number of hydrazine groups is 1. The zero-order chi connectivity index (χ0) is 14.8. The smallest absolute Gasteiger partial charge is 0.267 e. The van der Waals surface area contributed by atoms with Gasteiger partial charge in [-0.3, -0.25) is 9.80 Å². The summed E-state index contributed by atoms with van der Waals surface area (Å²) in [7, 11) is 2.99. The molecule has 0 aromatic heterocycles. The molecule has 1 aromatic carbocycles. The van der Waals surface area contributed by atoms with Crippen LogP contribution >= 0.6 is 0 Å². The zero-order valence-electron chi connectivity index (χ0n) is 11.6. The fourth-order valence-electron chi connectivity index (χ4n) is 2.47. The Bertz CT molecular complexity index is 520. The molecule has 3 N–H and O–H groups in total. The number of likely N-dealkylation sites (N-methyl/N-ethyl adjacent to an activating group) is 1. The van der Waals surface area contributed by atoms with Crippen LogP contribution in [-0.4, -0.2) is 41.5 Å². The molecule has 1 heterocycles. The van der Waals surface area contributed by atoms with E-state index in [9.17, 15) is 10.0 Å². The molecular formula is C13H18N4O3. The van der Waals surface area contributed by atoms with Gasteiger partial charge >= 0.3 is 0 Å². The van der Waals surface area contributed by atoms with Crippen LogP contribution < -0.4 is 10.9 Å². The molecule has 2 rings (SSSR count). The first-order chi connectivity index (χ1) is 9.57. The Balaban J connectivity index is 2.54. The van der Waals surface area contributed by atoms with Crippen molar-refractivity contribution in [2.45, 2.75) is 18.5 Å². The lowest BCUT2D eigenvalue weighted by atomic mass is 9.83. The predicted molar refractivity (Wildman–Crippen MR) is 72.9 cm³/mol. The zero-order valence-corrected chi connectivity index (χ0v) is 11.6. The van der Waals surface area contributed by atoms with Crippen LogP contribution in [0.3, 0.4) is 0 Å². The standard InChI is InChI=1S/C13H18N4O3/c1-9(15-20-3)13(16-19)11(14-17(2)12(13)18)10-7-5-4-6-8-10/h4-8,11,14,16,19H,1-3H3/b15-9+. The second-order valence-electron chi connectivity index (χ2n) is 4.62. The lowest BCUT2D eigenvalue weighted by Gasteiger charge is -2.29. The number of hydrogen-bond donors (Lipinski definition) is 3. The van der Waals surface area contributed by atoms with E-state index in [1.54, 1.807) is 14.0 Å². The maximum Gasteiger partial charge on any atom is 0.267 e. The molecule has 0 aliphatic carbocycles. The molecule has 20 heavy (non-hydrogen) atoms. The van der Waals surface area contributed by atoms with Crippen LogP contribution in [0.4, 0.5) is 0 Å². The molecule has 1 amide bonds. The first-order valence-corrected chi connectivity index (χ1v) is 6.16. The van der Waals surface area contributed by atoms with Crippen LogP contribution in [0.15, 0.2) is 35.5 Å². The van der Waals surface area contributed by atoms with Gasteiger partial charge in [-0.15, -0.1) is 0 Å². The lowest BCUT2D eigenvalue weighted by Crippen LogP contribution is -2.58. The summed E-state index contributed by atoms with van der Waals surface area (Å²) >= 11 is 0. The van der Waals surface area contributed by atoms with E-state index in [2.05, 4.69) is 16.1 Å². The van der Waals surface area contributed by atoms with Gasteiger partial charge in [-0.1, -0.05) is 35.5 Å². The van der Waals surface area contributed by atoms with Gasteiger partial charge in [0.05, 0.1) is 11.8 Å². The molecule has 0 bridgehead atoms. The number of hydrogen-bond acceptors (Lipinski definition) is 6. The average molecular weight is 278 g/mol. The quantitative estimate of drug-likeness (QED) is 0.550. The molecule has 0 saturated carbocycles. The third kappa shape index (κ3) is 2.05. The predicted octanol–water partition coefficient (Wildman–Crippen LogP) is 0.444. The van der Waals surface area contributed by atoms with Crippen LogP contribution in [0.1, 0.15) is 18.5 Å². The van der Waals surface area contributed by atoms with Gasteiger partial charge in [-0.05, 0) is 12.5 Å². The van der Waals surface area contributed by atoms with Crippen molar-refractivity contribution in [2.75, 3.05) is 14.2 Å². The highest BCUT2D eigenvalue weighted by molar-refractivity contribution is 6.13. The van der Waals surface area contributed by atoms with Crippen molar-refractivity contribution in [3.8, 4) is 0 Å². The number of nitrogens with zero attached hydrogens (tertiary/aromatic N) is 2. The maximum absolute atomic E-state index is 12.5. The summed E-state index contributed by atoms with van der Waals surface area (Å²) in [5.74, 6) is -0.341. The minimum atomic E-state index is -1.40. The first kappa shape index (κ1) is 14.4. The van der Waals surface area contributed by atoms with E-state index in [1.807, 2.05) is 30.3 Å². The molecule has 7 heteroatoms. The van der Waals surface area contributed by atoms with E-state index in [-0.39, 0.29) is 5.91 Å². The Labute approximate surface area is 117 Å². The van der Waals surface area contributed by atoms with Crippen LogP contribution in [0, 0.1) is 0 Å². The van der Waals surface area contributed by atoms with Gasteiger partial charge in [0.1, 0.15) is 7.11 Å². The second-order valence-corrected chi connectivity index (χ2v) is 4.62. The third-order valence-corrected chi connectivity index (χ3v) is 3.51. The van der Waals surface area contributed by atoms with Gasteiger partial charge < -0.3 is 10.0 Å². The lowest BCUT2D eigenvalue weighted by molar-refractivity contribution is -0.134. The highest BCUT2D eigenvalue weighted by atomic mass is 16.6. The van der Waals surface area contributed by atoms with Crippen LogP contribution in [0.5, 0.6) is 0 Å². The Morgan fingerprint density at radius 2 is 2.15 bits per heavy atom. The number of benzene rings is 1. The number of amides is 1. The Morgan fingerprint density at radius 3 is 2.70 bits per heavy atom. The summed E-state index contributed by atoms with van der Waals surface area (Å²) in [6.45, 7) is 1.63. The number of carbonyl (C=O) groups is 1. The van der Waals surface area contributed by atoms with Gasteiger partial charge in [-0.25, -0.2) is 5.43 Å². The summed E-state index contributed by atoms with van der Waals surface area (Å²) in [4.78, 5) is 17.2. The largest absolute Gasteiger partial charge is 0.399 e. The van der Waals surface area contributed by atoms with E-state index in [0.717, 1.165) is 5.56 Å². The minimum absolute atomic E-state index is 0.332. The second kappa shape index (κ2) is 5.58. The Hall–Kier alpha value is -1.96. The van der Waals surface area contributed by atoms with Crippen molar-refractivity contribution in [3.05, 3.63) is 35.9 Å². The molecule has 1 saturated heterocycles. The highest BCUT2D eigenvalue weighted by Crippen LogP contribution is 2.34. The number of oxime groups is 1. The van der Waals surface area contributed by atoms with Crippen molar-refractivity contribution in [2.24, 2.45) is 5.16 Å². The molecule has 2 atom stereocenters. The molecule has 1 aliphatic heterocycles. The number of carbonyl (C=O) groups excluding carboxylic acids is 1. The Kier molecular flexibility index (Phi) is 4.03. The molecular weight excluding hydrogens is 260 g/mol. The molecule has 0 spiro atoms. The highest BCUT2D eigenvalue weighted by Gasteiger charge is 2.56. The van der Waals surface area contributed by atoms with Gasteiger partial charge in [0.25, 0.3) is 5.91 Å². The van der Waals surface area contributed by atoms with E-state index < -0.39 is 11.6 Å². The monoisotopic (exact) mass is 278 g/mol. The van der Waals surface area contributed by atoms with Gasteiger partial charge in [-0.2, -0.15) is 5.48 Å². The van der Waals surface area contributed by atoms with Crippen molar-refractivity contribution in [1.82, 2.24) is 15.9 Å². The average Bonchev–Trinajstić information content (AvgIpc) is 2.73. The summed E-state index contributed by atoms with van der Waals surface area (Å²) in [5.41, 5.74) is 4.93. The molecule has 1 aliphatic rings. The fraction of sp³-hybridized carbons (Fsp3) is 0.385. The van der Waals surface area contributed by atoms with E-state index in [1.165, 1.54) is 12.1 Å². The third-order valence-electron chi connectivity index (χ3n) is 3.51. The first-order valence-electron chi connectivity index (χ1n) is 6.16. The van der Waals surface area contributed by atoms with E-state index >= 15 is 0 Å². The van der Waals surface area contributed by atoms with Gasteiger partial charge in [0, 0.05) is 7.05 Å². The van der Waals surface area contributed by atoms with Crippen molar-refractivity contribution >= 4 is 11.6 Å². The van der Waals surface area contributed by atoms with Crippen LogP contribution in [0.25, 0.3) is 0 Å². The molecule has 0 radical (unpaired) electrons. The number of hydroxylamine groups is 1. The van der Waals surface area contributed by atoms with Crippen molar-refractivity contribution in [3.63, 3.8) is 0 Å². The van der Waals surface area contributed by atoms with E-state index in [0.29, 0.717) is 5.71 Å². The van der Waals surface area contributed by atoms with Gasteiger partial charge in [0.15, 0.2) is 5.54 Å². The Morgan fingerprint density at radius 1 is 1.50 bits per heavy atom. The summed E-state index contributed by atoms with van der Waals surface area (Å²) < 4.78 is 0. The molecule has 1 aromatic rings. The van der Waals surface area contributed by atoms with Crippen LogP contribution in [0.2, 0.25) is 0 Å². The molecule has 2 unspecified atom stereocenters. The molecule has 1 fully saturated rings. The van der Waals surface area contributed by atoms with Crippen LogP contribution in [-0.2, 0) is 9.63 Å². The summed E-state index contributed by atoms with van der Waals surface area (Å²) in [6.07, 6.45) is 0. The number of rotatable bonds is 4. The summed E-state index contributed by atoms with van der Waals surface area (Å²) in [6, 6.07) is 8.86. The van der Waals surface area contributed by atoms with Crippen molar-refractivity contribution in [1.29, 1.82) is 0 Å². The fourth-order valence-corrected chi connectivity index (χ4v) is 2.47. The molecule has 108 valence electrons. The summed E-state index contributed by atoms with van der Waals surface area (Å²) in [5, 5.41) is 14.8. The number of nitrogens with one attached hydrogen (secondary N) is 2. The van der Waals surface area contributed by atoms with E-state index in [4.69, 9.17) is 4.84 Å². The minimum Gasteiger partial charge on any atom is -0.399 e. The normalized spacial score (nSPS) is 27.0. The molecule has 7 nitrogen and oxygen atoms in total. The van der Waals surface area contributed by atoms with Gasteiger partial charge in [0.2, 0.25) is 0 Å². The van der Waals surface area contributed by atoms with Crippen molar-refractivity contribution < 1.29 is 14.8 Å².